The SMILES string of the molecule is CC(C)c1ccc(C2c3c(oc4ccc(Cl)cc4c3=O)C(=O)N2Cc2ccco2)cc1. The molecule has 2 aromatic heterocycles. The molecule has 0 saturated heterocycles. The van der Waals surface area contributed by atoms with E-state index in [2.05, 4.69) is 13.8 Å². The van der Waals surface area contributed by atoms with Crippen molar-refractivity contribution in [3.8, 4) is 0 Å². The number of benzene rings is 2. The van der Waals surface area contributed by atoms with Crippen molar-refractivity contribution in [1.82, 2.24) is 4.90 Å². The van der Waals surface area contributed by atoms with Gasteiger partial charge in [-0.15, -0.1) is 0 Å². The smallest absolute Gasteiger partial charge is 0.291 e. The van der Waals surface area contributed by atoms with E-state index in [9.17, 15) is 9.59 Å². The van der Waals surface area contributed by atoms with Gasteiger partial charge in [-0.05, 0) is 47.4 Å². The molecule has 0 saturated carbocycles. The number of hydrogen-bond donors (Lipinski definition) is 0. The Hall–Kier alpha value is -3.31. The van der Waals surface area contributed by atoms with Gasteiger partial charge in [-0.2, -0.15) is 0 Å². The van der Waals surface area contributed by atoms with Gasteiger partial charge < -0.3 is 13.7 Å². The molecular weight excluding hydrogens is 414 g/mol. The maximum atomic E-state index is 13.5. The first-order valence-electron chi connectivity index (χ1n) is 10.1. The number of hydrogen-bond acceptors (Lipinski definition) is 4. The fourth-order valence-electron chi connectivity index (χ4n) is 4.14. The predicted octanol–water partition coefficient (Wildman–Crippen LogP) is 5.91. The molecule has 5 nitrogen and oxygen atoms in total. The molecule has 0 fully saturated rings. The van der Waals surface area contributed by atoms with Crippen LogP contribution in [-0.4, -0.2) is 10.8 Å². The zero-order valence-electron chi connectivity index (χ0n) is 17.1. The number of furan rings is 1. The summed E-state index contributed by atoms with van der Waals surface area (Å²) in [7, 11) is 0. The second-order valence-electron chi connectivity index (χ2n) is 8.05. The molecule has 4 aromatic rings. The summed E-state index contributed by atoms with van der Waals surface area (Å²) in [6.07, 6.45) is 1.56. The normalized spacial score (nSPS) is 15.8. The lowest BCUT2D eigenvalue weighted by Crippen LogP contribution is -2.29. The third kappa shape index (κ3) is 3.26. The fraction of sp³-hybridized carbons (Fsp3) is 0.200. The lowest BCUT2D eigenvalue weighted by molar-refractivity contribution is 0.0701. The molecule has 0 aliphatic carbocycles. The summed E-state index contributed by atoms with van der Waals surface area (Å²) in [6, 6.07) is 15.9. The highest BCUT2D eigenvalue weighted by Crippen LogP contribution is 2.39. The van der Waals surface area contributed by atoms with Gasteiger partial charge in [0.25, 0.3) is 5.91 Å². The molecule has 1 atom stereocenters. The van der Waals surface area contributed by atoms with Crippen LogP contribution in [0.5, 0.6) is 0 Å². The first-order valence-corrected chi connectivity index (χ1v) is 10.5. The number of fused-ring (bicyclic) bond motifs is 2. The van der Waals surface area contributed by atoms with Crippen LogP contribution in [0.3, 0.4) is 0 Å². The molecule has 1 aliphatic heterocycles. The van der Waals surface area contributed by atoms with Gasteiger partial charge in [-0.1, -0.05) is 49.7 Å². The molecule has 0 N–H and O–H groups in total. The average Bonchev–Trinajstić information content (AvgIpc) is 3.36. The molecule has 1 amide bonds. The molecule has 5 rings (SSSR count). The lowest BCUT2D eigenvalue weighted by Gasteiger charge is -2.24. The van der Waals surface area contributed by atoms with E-state index in [1.54, 1.807) is 41.5 Å². The van der Waals surface area contributed by atoms with Crippen molar-refractivity contribution in [3.05, 3.63) is 104 Å². The quantitative estimate of drug-likeness (QED) is 0.401. The average molecular weight is 434 g/mol. The highest BCUT2D eigenvalue weighted by Gasteiger charge is 2.43. The summed E-state index contributed by atoms with van der Waals surface area (Å²) >= 11 is 6.12. The molecule has 1 aliphatic rings. The van der Waals surface area contributed by atoms with E-state index >= 15 is 0 Å². The van der Waals surface area contributed by atoms with Crippen molar-refractivity contribution >= 4 is 28.5 Å². The fourth-order valence-corrected chi connectivity index (χ4v) is 4.31. The van der Waals surface area contributed by atoms with E-state index in [0.29, 0.717) is 33.2 Å². The Balaban J connectivity index is 1.72. The zero-order valence-corrected chi connectivity index (χ0v) is 17.8. The van der Waals surface area contributed by atoms with E-state index in [-0.39, 0.29) is 23.6 Å². The standard InChI is InChI=1S/C25H20ClNO4/c1-14(2)15-5-7-16(8-6-15)22-21-23(28)19-12-17(26)9-10-20(19)31-24(21)25(29)27(22)13-18-4-3-11-30-18/h3-12,14,22H,13H2,1-2H3. The van der Waals surface area contributed by atoms with E-state index in [0.717, 1.165) is 5.56 Å². The van der Waals surface area contributed by atoms with Crippen LogP contribution in [0.1, 0.15) is 58.8 Å². The zero-order chi connectivity index (χ0) is 21.7. The van der Waals surface area contributed by atoms with Crippen molar-refractivity contribution in [2.24, 2.45) is 0 Å². The van der Waals surface area contributed by atoms with Gasteiger partial charge in [0, 0.05) is 5.02 Å². The molecule has 0 spiro atoms. The topological polar surface area (TPSA) is 63.7 Å². The first-order chi connectivity index (χ1) is 14.9. The minimum Gasteiger partial charge on any atom is -0.467 e. The number of amides is 1. The van der Waals surface area contributed by atoms with Crippen molar-refractivity contribution in [1.29, 1.82) is 0 Å². The Morgan fingerprint density at radius 3 is 2.52 bits per heavy atom. The van der Waals surface area contributed by atoms with Crippen molar-refractivity contribution in [3.63, 3.8) is 0 Å². The molecule has 0 radical (unpaired) electrons. The molecule has 2 aromatic carbocycles. The maximum absolute atomic E-state index is 13.5. The first kappa shape index (κ1) is 19.6. The molecule has 3 heterocycles. The molecule has 156 valence electrons. The van der Waals surface area contributed by atoms with Crippen molar-refractivity contribution in [2.45, 2.75) is 32.4 Å². The predicted molar refractivity (Wildman–Crippen MR) is 118 cm³/mol. The van der Waals surface area contributed by atoms with E-state index < -0.39 is 6.04 Å². The van der Waals surface area contributed by atoms with Gasteiger partial charge in [0.1, 0.15) is 11.3 Å². The van der Waals surface area contributed by atoms with Gasteiger partial charge in [-0.3, -0.25) is 9.59 Å². The Bertz CT molecular complexity index is 1340. The van der Waals surface area contributed by atoms with Gasteiger partial charge in [0.15, 0.2) is 5.43 Å². The third-order valence-electron chi connectivity index (χ3n) is 5.75. The monoisotopic (exact) mass is 433 g/mol. The van der Waals surface area contributed by atoms with Crippen LogP contribution >= 0.6 is 11.6 Å². The summed E-state index contributed by atoms with van der Waals surface area (Å²) in [5.41, 5.74) is 2.46. The lowest BCUT2D eigenvalue weighted by atomic mass is 9.95. The van der Waals surface area contributed by atoms with Crippen molar-refractivity contribution < 1.29 is 13.6 Å². The molecule has 1 unspecified atom stereocenters. The Morgan fingerprint density at radius 2 is 1.84 bits per heavy atom. The molecular formula is C25H20ClNO4. The highest BCUT2D eigenvalue weighted by molar-refractivity contribution is 6.31. The highest BCUT2D eigenvalue weighted by atomic mass is 35.5. The summed E-state index contributed by atoms with van der Waals surface area (Å²) < 4.78 is 11.4. The second kappa shape index (κ2) is 7.43. The molecule has 6 heteroatoms. The Kier molecular flexibility index (Phi) is 4.71. The van der Waals surface area contributed by atoms with Crippen LogP contribution in [0, 0.1) is 0 Å². The Labute approximate surface area is 183 Å². The molecule has 0 bridgehead atoms. The van der Waals surface area contributed by atoms with Crippen LogP contribution in [0.2, 0.25) is 5.02 Å². The van der Waals surface area contributed by atoms with Crippen LogP contribution in [0.15, 0.2) is 74.5 Å². The summed E-state index contributed by atoms with van der Waals surface area (Å²) in [5.74, 6) is 0.745. The van der Waals surface area contributed by atoms with Gasteiger partial charge in [0.2, 0.25) is 5.76 Å². The van der Waals surface area contributed by atoms with Crippen LogP contribution < -0.4 is 5.43 Å². The molecule has 31 heavy (non-hydrogen) atoms. The Morgan fingerprint density at radius 1 is 1.06 bits per heavy atom. The van der Waals surface area contributed by atoms with E-state index in [1.165, 1.54) is 5.56 Å². The number of carbonyl (C=O) groups is 1. The van der Waals surface area contributed by atoms with Crippen LogP contribution in [-0.2, 0) is 6.54 Å². The largest absolute Gasteiger partial charge is 0.467 e. The summed E-state index contributed by atoms with van der Waals surface area (Å²) in [6.45, 7) is 4.47. The maximum Gasteiger partial charge on any atom is 0.291 e. The minimum absolute atomic E-state index is 0.0734. The van der Waals surface area contributed by atoms with E-state index in [4.69, 9.17) is 20.4 Å². The second-order valence-corrected chi connectivity index (χ2v) is 8.49. The number of nitrogens with zero attached hydrogens (tertiary/aromatic N) is 1. The van der Waals surface area contributed by atoms with Gasteiger partial charge in [0.05, 0.1) is 29.8 Å². The van der Waals surface area contributed by atoms with Gasteiger partial charge >= 0.3 is 0 Å². The minimum atomic E-state index is -0.576. The van der Waals surface area contributed by atoms with Crippen LogP contribution in [0.25, 0.3) is 11.0 Å². The van der Waals surface area contributed by atoms with Gasteiger partial charge in [-0.25, -0.2) is 0 Å². The summed E-state index contributed by atoms with van der Waals surface area (Å²) in [5, 5.41) is 0.803. The number of halogens is 1. The van der Waals surface area contributed by atoms with E-state index in [1.807, 2.05) is 24.3 Å². The third-order valence-corrected chi connectivity index (χ3v) is 5.99. The van der Waals surface area contributed by atoms with Crippen LogP contribution in [0.4, 0.5) is 0 Å². The summed E-state index contributed by atoms with van der Waals surface area (Å²) in [4.78, 5) is 28.5. The number of carbonyl (C=O) groups excluding carboxylic acids is 1. The number of rotatable bonds is 4. The van der Waals surface area contributed by atoms with Crippen molar-refractivity contribution in [2.75, 3.05) is 0 Å².